The number of rotatable bonds is 3. The normalized spacial score (nSPS) is 23.9. The molecule has 0 aliphatic carbocycles. The SMILES string of the molecule is COC[C@@H]1CC(F)(F)CN1C(=O)CC#N. The summed E-state index contributed by atoms with van der Waals surface area (Å²) in [5, 5.41) is 8.33. The predicted molar refractivity (Wildman–Crippen MR) is 47.2 cm³/mol. The Kier molecular flexibility index (Phi) is 3.58. The summed E-state index contributed by atoms with van der Waals surface area (Å²) in [5.74, 6) is -3.43. The van der Waals surface area contributed by atoms with Crippen LogP contribution in [0.3, 0.4) is 0 Å². The van der Waals surface area contributed by atoms with Crippen molar-refractivity contribution in [3.63, 3.8) is 0 Å². The number of methoxy groups -OCH3 is 1. The van der Waals surface area contributed by atoms with Crippen LogP contribution in [-0.4, -0.2) is 43.0 Å². The van der Waals surface area contributed by atoms with Gasteiger partial charge in [-0.05, 0) is 0 Å². The van der Waals surface area contributed by atoms with Crippen LogP contribution in [0, 0.1) is 11.3 Å². The quantitative estimate of drug-likeness (QED) is 0.703. The molecule has 0 bridgehead atoms. The van der Waals surface area contributed by atoms with Crippen molar-refractivity contribution in [1.29, 1.82) is 5.26 Å². The van der Waals surface area contributed by atoms with Crippen LogP contribution < -0.4 is 0 Å². The van der Waals surface area contributed by atoms with E-state index in [2.05, 4.69) is 0 Å². The van der Waals surface area contributed by atoms with Crippen molar-refractivity contribution in [2.45, 2.75) is 24.8 Å². The minimum absolute atomic E-state index is 0.0761. The smallest absolute Gasteiger partial charge is 0.267 e. The lowest BCUT2D eigenvalue weighted by atomic mass is 10.2. The van der Waals surface area contributed by atoms with E-state index in [1.807, 2.05) is 0 Å². The number of likely N-dealkylation sites (tertiary alicyclic amines) is 1. The van der Waals surface area contributed by atoms with Gasteiger partial charge in [0.1, 0.15) is 6.42 Å². The number of nitriles is 1. The molecule has 0 spiro atoms. The summed E-state index contributed by atoms with van der Waals surface area (Å²) in [4.78, 5) is 12.4. The summed E-state index contributed by atoms with van der Waals surface area (Å²) in [6.45, 7) is -0.533. The fourth-order valence-electron chi connectivity index (χ4n) is 1.70. The van der Waals surface area contributed by atoms with Crippen molar-refractivity contribution in [2.24, 2.45) is 0 Å². The Hall–Kier alpha value is -1.22. The molecule has 15 heavy (non-hydrogen) atoms. The molecule has 4 nitrogen and oxygen atoms in total. The molecule has 0 saturated carbocycles. The summed E-state index contributed by atoms with van der Waals surface area (Å²) >= 11 is 0. The molecule has 1 rings (SSSR count). The van der Waals surface area contributed by atoms with Gasteiger partial charge < -0.3 is 9.64 Å². The maximum atomic E-state index is 13.0. The highest BCUT2D eigenvalue weighted by molar-refractivity contribution is 5.79. The molecular weight excluding hydrogens is 206 g/mol. The monoisotopic (exact) mass is 218 g/mol. The zero-order valence-corrected chi connectivity index (χ0v) is 8.37. The average Bonchev–Trinajstić information content (AvgIpc) is 2.42. The maximum absolute atomic E-state index is 13.0. The van der Waals surface area contributed by atoms with Crippen molar-refractivity contribution in [1.82, 2.24) is 4.90 Å². The van der Waals surface area contributed by atoms with Crippen molar-refractivity contribution < 1.29 is 18.3 Å². The summed E-state index contributed by atoms with van der Waals surface area (Å²) < 4.78 is 30.8. The Balaban J connectivity index is 2.69. The van der Waals surface area contributed by atoms with E-state index < -0.39 is 30.8 Å². The maximum Gasteiger partial charge on any atom is 0.267 e. The van der Waals surface area contributed by atoms with Crippen LogP contribution in [-0.2, 0) is 9.53 Å². The van der Waals surface area contributed by atoms with E-state index in [9.17, 15) is 13.6 Å². The first-order valence-electron chi connectivity index (χ1n) is 4.53. The number of carbonyl (C=O) groups excluding carboxylic acids is 1. The van der Waals surface area contributed by atoms with E-state index in [0.29, 0.717) is 0 Å². The summed E-state index contributed by atoms with van der Waals surface area (Å²) in [5.41, 5.74) is 0. The molecule has 0 unspecified atom stereocenters. The van der Waals surface area contributed by atoms with Gasteiger partial charge in [0.25, 0.3) is 5.92 Å². The standard InChI is InChI=1S/C9H12F2N2O2/c1-15-5-7-4-9(10,11)6-13(7)8(14)2-3-12/h7H,2,4-6H2,1H3/t7-/m0/s1. The van der Waals surface area contributed by atoms with Gasteiger partial charge in [-0.2, -0.15) is 5.26 Å². The first-order valence-corrected chi connectivity index (χ1v) is 4.53. The van der Waals surface area contributed by atoms with Crippen LogP contribution >= 0.6 is 0 Å². The largest absolute Gasteiger partial charge is 0.383 e. The molecule has 0 aromatic heterocycles. The highest BCUT2D eigenvalue weighted by Gasteiger charge is 2.46. The van der Waals surface area contributed by atoms with E-state index in [4.69, 9.17) is 10.00 Å². The Morgan fingerprint density at radius 2 is 2.40 bits per heavy atom. The lowest BCUT2D eigenvalue weighted by Gasteiger charge is -2.21. The highest BCUT2D eigenvalue weighted by atomic mass is 19.3. The van der Waals surface area contributed by atoms with Gasteiger partial charge in [0, 0.05) is 13.5 Å². The summed E-state index contributed by atoms with van der Waals surface area (Å²) in [6.07, 6.45) is -0.756. The molecule has 1 saturated heterocycles. The number of halogens is 2. The molecule has 1 fully saturated rings. The molecule has 0 aromatic carbocycles. The summed E-state index contributed by atoms with van der Waals surface area (Å²) in [6, 6.07) is 1.04. The number of amides is 1. The topological polar surface area (TPSA) is 53.3 Å². The van der Waals surface area contributed by atoms with Crippen LogP contribution in [0.2, 0.25) is 0 Å². The lowest BCUT2D eigenvalue weighted by molar-refractivity contribution is -0.132. The molecule has 1 heterocycles. The molecule has 1 amide bonds. The minimum Gasteiger partial charge on any atom is -0.383 e. The fourth-order valence-corrected chi connectivity index (χ4v) is 1.70. The number of alkyl halides is 2. The van der Waals surface area contributed by atoms with Crippen LogP contribution in [0.15, 0.2) is 0 Å². The van der Waals surface area contributed by atoms with Gasteiger partial charge >= 0.3 is 0 Å². The third-order valence-electron chi connectivity index (χ3n) is 2.29. The van der Waals surface area contributed by atoms with Crippen molar-refractivity contribution >= 4 is 5.91 Å². The second kappa shape index (κ2) is 4.53. The Labute approximate surface area is 86.4 Å². The van der Waals surface area contributed by atoms with Gasteiger partial charge in [-0.3, -0.25) is 4.79 Å². The zero-order valence-electron chi connectivity index (χ0n) is 8.37. The van der Waals surface area contributed by atoms with E-state index in [1.165, 1.54) is 7.11 Å². The molecule has 1 atom stereocenters. The van der Waals surface area contributed by atoms with Gasteiger partial charge in [0.15, 0.2) is 0 Å². The molecule has 0 N–H and O–H groups in total. The molecule has 6 heteroatoms. The van der Waals surface area contributed by atoms with Gasteiger partial charge in [0.2, 0.25) is 5.91 Å². The molecule has 1 aliphatic rings. The molecule has 84 valence electrons. The summed E-state index contributed by atoms with van der Waals surface area (Å²) in [7, 11) is 1.39. The number of hydrogen-bond donors (Lipinski definition) is 0. The third-order valence-corrected chi connectivity index (χ3v) is 2.29. The first-order chi connectivity index (χ1) is 7.00. The van der Waals surface area contributed by atoms with Crippen LogP contribution in [0.4, 0.5) is 8.78 Å². The van der Waals surface area contributed by atoms with E-state index in [-0.39, 0.29) is 13.0 Å². The highest BCUT2D eigenvalue weighted by Crippen LogP contribution is 2.32. The number of carbonyl (C=O) groups is 1. The molecular formula is C9H12F2N2O2. The van der Waals surface area contributed by atoms with Crippen LogP contribution in [0.25, 0.3) is 0 Å². The zero-order chi connectivity index (χ0) is 11.5. The van der Waals surface area contributed by atoms with Gasteiger partial charge in [-0.1, -0.05) is 0 Å². The first kappa shape index (κ1) is 11.9. The minimum atomic E-state index is -2.87. The third kappa shape index (κ3) is 2.86. The van der Waals surface area contributed by atoms with E-state index in [1.54, 1.807) is 6.07 Å². The second-order valence-corrected chi connectivity index (χ2v) is 3.53. The lowest BCUT2D eigenvalue weighted by Crippen LogP contribution is -2.38. The Morgan fingerprint density at radius 3 is 2.93 bits per heavy atom. The molecule has 0 radical (unpaired) electrons. The molecule has 1 aliphatic heterocycles. The van der Waals surface area contributed by atoms with Crippen molar-refractivity contribution in [3.05, 3.63) is 0 Å². The Morgan fingerprint density at radius 1 is 1.73 bits per heavy atom. The van der Waals surface area contributed by atoms with Crippen LogP contribution in [0.1, 0.15) is 12.8 Å². The number of hydrogen-bond acceptors (Lipinski definition) is 3. The van der Waals surface area contributed by atoms with Crippen molar-refractivity contribution in [2.75, 3.05) is 20.3 Å². The Bertz CT molecular complexity index is 288. The number of ether oxygens (including phenoxy) is 1. The predicted octanol–water partition coefficient (Wildman–Crippen LogP) is 0.783. The number of nitrogens with zero attached hydrogens (tertiary/aromatic N) is 2. The molecule has 0 aromatic rings. The van der Waals surface area contributed by atoms with Crippen molar-refractivity contribution in [3.8, 4) is 6.07 Å². The average molecular weight is 218 g/mol. The van der Waals surface area contributed by atoms with Gasteiger partial charge in [-0.15, -0.1) is 0 Å². The van der Waals surface area contributed by atoms with E-state index in [0.717, 1.165) is 4.90 Å². The fraction of sp³-hybridized carbons (Fsp3) is 0.778. The van der Waals surface area contributed by atoms with Gasteiger partial charge in [0.05, 0.1) is 25.3 Å². The van der Waals surface area contributed by atoms with E-state index >= 15 is 0 Å². The van der Waals surface area contributed by atoms with Crippen LogP contribution in [0.5, 0.6) is 0 Å². The van der Waals surface area contributed by atoms with Gasteiger partial charge in [-0.25, -0.2) is 8.78 Å². The second-order valence-electron chi connectivity index (χ2n) is 3.53.